The molecule has 0 spiro atoms. The SMILES string of the molecule is CCC(=O)c1nc(C)sc1C(C)C. The Hall–Kier alpha value is -0.700. The number of rotatable bonds is 3. The maximum atomic E-state index is 11.5. The van der Waals surface area contributed by atoms with Crippen LogP contribution in [0.1, 0.15) is 53.5 Å². The van der Waals surface area contributed by atoms with Crippen molar-refractivity contribution in [2.75, 3.05) is 0 Å². The van der Waals surface area contributed by atoms with Crippen LogP contribution in [0.4, 0.5) is 0 Å². The predicted octanol–water partition coefficient (Wildman–Crippen LogP) is 3.17. The fourth-order valence-electron chi connectivity index (χ4n) is 1.20. The lowest BCUT2D eigenvalue weighted by Crippen LogP contribution is -2.01. The summed E-state index contributed by atoms with van der Waals surface area (Å²) >= 11 is 1.63. The summed E-state index contributed by atoms with van der Waals surface area (Å²) in [6, 6.07) is 0. The van der Waals surface area contributed by atoms with E-state index in [4.69, 9.17) is 0 Å². The van der Waals surface area contributed by atoms with Gasteiger partial charge in [0.15, 0.2) is 5.78 Å². The Morgan fingerprint density at radius 1 is 1.54 bits per heavy atom. The monoisotopic (exact) mass is 197 g/mol. The van der Waals surface area contributed by atoms with Crippen LogP contribution >= 0.6 is 11.3 Å². The van der Waals surface area contributed by atoms with Gasteiger partial charge in [-0.1, -0.05) is 20.8 Å². The highest BCUT2D eigenvalue weighted by Gasteiger charge is 2.17. The van der Waals surface area contributed by atoms with Gasteiger partial charge in [-0.2, -0.15) is 0 Å². The quantitative estimate of drug-likeness (QED) is 0.697. The Morgan fingerprint density at radius 2 is 2.15 bits per heavy atom. The number of nitrogens with zero attached hydrogens (tertiary/aromatic N) is 1. The molecule has 1 heterocycles. The average Bonchev–Trinajstić information content (AvgIpc) is 2.46. The molecular formula is C10H15NOS. The summed E-state index contributed by atoms with van der Waals surface area (Å²) in [4.78, 5) is 16.9. The molecule has 0 saturated carbocycles. The Labute approximate surface area is 83.0 Å². The van der Waals surface area contributed by atoms with Gasteiger partial charge in [-0.3, -0.25) is 4.79 Å². The van der Waals surface area contributed by atoms with E-state index in [1.807, 2.05) is 13.8 Å². The molecule has 0 aliphatic rings. The van der Waals surface area contributed by atoms with E-state index in [2.05, 4.69) is 18.8 Å². The second-order valence-electron chi connectivity index (χ2n) is 3.38. The van der Waals surface area contributed by atoms with Gasteiger partial charge in [-0.25, -0.2) is 4.98 Å². The van der Waals surface area contributed by atoms with Crippen molar-refractivity contribution in [3.05, 3.63) is 15.6 Å². The molecule has 0 radical (unpaired) electrons. The van der Waals surface area contributed by atoms with Crippen LogP contribution in [0.5, 0.6) is 0 Å². The topological polar surface area (TPSA) is 30.0 Å². The van der Waals surface area contributed by atoms with E-state index >= 15 is 0 Å². The Morgan fingerprint density at radius 3 is 2.62 bits per heavy atom. The molecule has 3 heteroatoms. The lowest BCUT2D eigenvalue weighted by molar-refractivity contribution is 0.0982. The third kappa shape index (κ3) is 2.15. The van der Waals surface area contributed by atoms with Gasteiger partial charge in [0.2, 0.25) is 0 Å². The van der Waals surface area contributed by atoms with Gasteiger partial charge in [0, 0.05) is 11.3 Å². The summed E-state index contributed by atoms with van der Waals surface area (Å²) in [5.74, 6) is 0.560. The molecule has 0 N–H and O–H groups in total. The molecule has 72 valence electrons. The molecule has 0 amide bonds. The first kappa shape index (κ1) is 10.4. The van der Waals surface area contributed by atoms with Crippen molar-refractivity contribution in [3.8, 4) is 0 Å². The summed E-state index contributed by atoms with van der Waals surface area (Å²) in [6.07, 6.45) is 0.545. The molecule has 0 aromatic carbocycles. The number of ketones is 1. The lowest BCUT2D eigenvalue weighted by Gasteiger charge is -2.02. The molecule has 1 aromatic heterocycles. The third-order valence-electron chi connectivity index (χ3n) is 1.87. The summed E-state index contributed by atoms with van der Waals surface area (Å²) < 4.78 is 0. The second-order valence-corrected chi connectivity index (χ2v) is 4.61. The minimum absolute atomic E-state index is 0.160. The average molecular weight is 197 g/mol. The van der Waals surface area contributed by atoms with Crippen molar-refractivity contribution in [2.24, 2.45) is 0 Å². The van der Waals surface area contributed by atoms with Crippen molar-refractivity contribution in [2.45, 2.75) is 40.0 Å². The first-order chi connectivity index (χ1) is 6.06. The zero-order valence-electron chi connectivity index (χ0n) is 8.55. The minimum Gasteiger partial charge on any atom is -0.292 e. The van der Waals surface area contributed by atoms with E-state index in [9.17, 15) is 4.79 Å². The van der Waals surface area contributed by atoms with Gasteiger partial charge >= 0.3 is 0 Å². The van der Waals surface area contributed by atoms with Crippen LogP contribution < -0.4 is 0 Å². The molecule has 1 rings (SSSR count). The highest BCUT2D eigenvalue weighted by molar-refractivity contribution is 7.12. The number of hydrogen-bond acceptors (Lipinski definition) is 3. The van der Waals surface area contributed by atoms with E-state index in [0.29, 0.717) is 18.0 Å². The first-order valence-electron chi connectivity index (χ1n) is 4.56. The highest BCUT2D eigenvalue weighted by atomic mass is 32.1. The van der Waals surface area contributed by atoms with Crippen molar-refractivity contribution in [1.82, 2.24) is 4.98 Å². The van der Waals surface area contributed by atoms with E-state index < -0.39 is 0 Å². The smallest absolute Gasteiger partial charge is 0.182 e. The minimum atomic E-state index is 0.160. The summed E-state index contributed by atoms with van der Waals surface area (Å²) in [7, 11) is 0. The highest BCUT2D eigenvalue weighted by Crippen LogP contribution is 2.26. The molecule has 13 heavy (non-hydrogen) atoms. The first-order valence-corrected chi connectivity index (χ1v) is 5.38. The molecule has 0 aliphatic carbocycles. The normalized spacial score (nSPS) is 10.8. The number of Topliss-reactive ketones (excluding diaryl/α,β-unsaturated/α-hetero) is 1. The fourth-order valence-corrected chi connectivity index (χ4v) is 2.15. The lowest BCUT2D eigenvalue weighted by atomic mass is 10.1. The second kappa shape index (κ2) is 4.01. The number of thiazole rings is 1. The van der Waals surface area contributed by atoms with E-state index in [0.717, 1.165) is 9.88 Å². The van der Waals surface area contributed by atoms with Crippen LogP contribution in [0.3, 0.4) is 0 Å². The molecule has 1 aromatic rings. The van der Waals surface area contributed by atoms with E-state index in [1.165, 1.54) is 0 Å². The molecule has 0 fully saturated rings. The molecule has 2 nitrogen and oxygen atoms in total. The van der Waals surface area contributed by atoms with E-state index in [1.54, 1.807) is 11.3 Å². The number of aromatic nitrogens is 1. The van der Waals surface area contributed by atoms with Gasteiger partial charge in [0.1, 0.15) is 5.69 Å². The Balaban J connectivity index is 3.11. The number of carbonyl (C=O) groups excluding carboxylic acids is 1. The Kier molecular flexibility index (Phi) is 3.20. The maximum absolute atomic E-state index is 11.5. The Bertz CT molecular complexity index is 315. The molecule has 0 unspecified atom stereocenters. The number of carbonyl (C=O) groups is 1. The van der Waals surface area contributed by atoms with Crippen LogP contribution in [0.25, 0.3) is 0 Å². The molecular weight excluding hydrogens is 182 g/mol. The van der Waals surface area contributed by atoms with Crippen molar-refractivity contribution in [3.63, 3.8) is 0 Å². The van der Waals surface area contributed by atoms with Gasteiger partial charge in [-0.05, 0) is 12.8 Å². The summed E-state index contributed by atoms with van der Waals surface area (Å²) in [6.45, 7) is 8.02. The fraction of sp³-hybridized carbons (Fsp3) is 0.600. The van der Waals surface area contributed by atoms with Crippen molar-refractivity contribution < 1.29 is 4.79 Å². The van der Waals surface area contributed by atoms with Crippen LogP contribution in [-0.2, 0) is 0 Å². The van der Waals surface area contributed by atoms with Crippen molar-refractivity contribution >= 4 is 17.1 Å². The third-order valence-corrected chi connectivity index (χ3v) is 3.14. The maximum Gasteiger partial charge on any atom is 0.182 e. The van der Waals surface area contributed by atoms with E-state index in [-0.39, 0.29) is 5.78 Å². The van der Waals surface area contributed by atoms with Gasteiger partial charge in [-0.15, -0.1) is 11.3 Å². The molecule has 0 bridgehead atoms. The molecule has 0 atom stereocenters. The van der Waals surface area contributed by atoms with Crippen LogP contribution in [0.2, 0.25) is 0 Å². The zero-order valence-corrected chi connectivity index (χ0v) is 9.36. The number of hydrogen-bond donors (Lipinski definition) is 0. The number of aryl methyl sites for hydroxylation is 1. The van der Waals surface area contributed by atoms with Crippen LogP contribution in [-0.4, -0.2) is 10.8 Å². The van der Waals surface area contributed by atoms with Gasteiger partial charge in [0.25, 0.3) is 0 Å². The summed E-state index contributed by atoms with van der Waals surface area (Å²) in [5, 5.41) is 0.987. The summed E-state index contributed by atoms with van der Waals surface area (Å²) in [5.41, 5.74) is 0.694. The molecule has 0 saturated heterocycles. The van der Waals surface area contributed by atoms with Crippen LogP contribution in [0, 0.1) is 6.92 Å². The van der Waals surface area contributed by atoms with Gasteiger partial charge < -0.3 is 0 Å². The standard InChI is InChI=1S/C10H15NOS/c1-5-8(12)9-10(6(2)3)13-7(4)11-9/h6H,5H2,1-4H3. The largest absolute Gasteiger partial charge is 0.292 e. The zero-order chi connectivity index (χ0) is 10.0. The van der Waals surface area contributed by atoms with Crippen molar-refractivity contribution in [1.29, 1.82) is 0 Å². The molecule has 0 aliphatic heterocycles. The predicted molar refractivity (Wildman–Crippen MR) is 55.6 cm³/mol. The van der Waals surface area contributed by atoms with Crippen LogP contribution in [0.15, 0.2) is 0 Å². The van der Waals surface area contributed by atoms with Gasteiger partial charge in [0.05, 0.1) is 5.01 Å².